The van der Waals surface area contributed by atoms with E-state index in [1.54, 1.807) is 12.4 Å². The second-order valence-electron chi connectivity index (χ2n) is 1.72. The SMILES string of the molecule is [SiH3]O[SiH2]O[SiH3].c1ccncc1. The van der Waals surface area contributed by atoms with E-state index in [1.807, 2.05) is 18.2 Å². The molecule has 0 aliphatic carbocycles. The maximum atomic E-state index is 4.78. The van der Waals surface area contributed by atoms with Crippen molar-refractivity contribution >= 4 is 31.0 Å². The van der Waals surface area contributed by atoms with Gasteiger partial charge in [0, 0.05) is 12.4 Å². The lowest BCUT2D eigenvalue weighted by atomic mass is 10.5. The Bertz CT molecular complexity index is 123. The summed E-state index contributed by atoms with van der Waals surface area (Å²) in [6.07, 6.45) is 3.50. The Morgan fingerprint density at radius 1 is 1.00 bits per heavy atom. The third-order valence-electron chi connectivity index (χ3n) is 0.802. The van der Waals surface area contributed by atoms with Gasteiger partial charge in [-0.05, 0) is 12.1 Å². The van der Waals surface area contributed by atoms with Crippen LogP contribution in [0.15, 0.2) is 30.6 Å². The second-order valence-corrected chi connectivity index (χ2v) is 6.57. The van der Waals surface area contributed by atoms with E-state index in [0.29, 0.717) is 0 Å². The average molecular weight is 203 g/mol. The molecule has 11 heavy (non-hydrogen) atoms. The van der Waals surface area contributed by atoms with Crippen LogP contribution in [0.5, 0.6) is 0 Å². The molecular formula is C5H13NO2Si3. The first-order valence-corrected chi connectivity index (χ1v) is 6.03. The van der Waals surface area contributed by atoms with Crippen LogP contribution in [-0.2, 0) is 8.23 Å². The average Bonchev–Trinajstić information content (AvgIpc) is 2.10. The highest BCUT2D eigenvalue weighted by Gasteiger charge is 1.66. The molecule has 62 valence electrons. The van der Waals surface area contributed by atoms with Gasteiger partial charge in [0.2, 0.25) is 0 Å². The Labute approximate surface area is 75.3 Å². The van der Waals surface area contributed by atoms with Crippen LogP contribution in [0, 0.1) is 0 Å². The predicted molar refractivity (Wildman–Crippen MR) is 54.8 cm³/mol. The number of aromatic nitrogens is 1. The van der Waals surface area contributed by atoms with Gasteiger partial charge < -0.3 is 8.23 Å². The van der Waals surface area contributed by atoms with Gasteiger partial charge >= 0.3 is 0 Å². The summed E-state index contributed by atoms with van der Waals surface area (Å²) in [5.41, 5.74) is 0. The topological polar surface area (TPSA) is 31.4 Å². The summed E-state index contributed by atoms with van der Waals surface area (Å²) in [6, 6.07) is 5.72. The van der Waals surface area contributed by atoms with E-state index >= 15 is 0 Å². The molecule has 0 aliphatic rings. The molecule has 0 N–H and O–H groups in total. The lowest BCUT2D eigenvalue weighted by molar-refractivity contribution is 0.513. The largest absolute Gasteiger partial charge is 0.449 e. The summed E-state index contributed by atoms with van der Waals surface area (Å²) in [5.74, 6) is 0. The Morgan fingerprint density at radius 2 is 1.55 bits per heavy atom. The number of pyridine rings is 1. The fraction of sp³-hybridized carbons (Fsp3) is 0. The van der Waals surface area contributed by atoms with E-state index in [-0.39, 0.29) is 0 Å². The van der Waals surface area contributed by atoms with Crippen LogP contribution < -0.4 is 0 Å². The highest BCUT2D eigenvalue weighted by molar-refractivity contribution is 6.33. The fourth-order valence-corrected chi connectivity index (χ4v) is 3.49. The minimum absolute atomic E-state index is 0.444. The number of nitrogens with zero attached hydrogens (tertiary/aromatic N) is 1. The molecule has 1 aromatic heterocycles. The van der Waals surface area contributed by atoms with Gasteiger partial charge in [-0.15, -0.1) is 0 Å². The molecule has 0 saturated heterocycles. The third-order valence-corrected chi connectivity index (χ3v) is 2.69. The second kappa shape index (κ2) is 9.72. The van der Waals surface area contributed by atoms with Crippen molar-refractivity contribution in [1.29, 1.82) is 0 Å². The molecule has 3 nitrogen and oxygen atoms in total. The Balaban J connectivity index is 0.000000187. The summed E-state index contributed by atoms with van der Waals surface area (Å²) in [7, 11) is 1.27. The Hall–Kier alpha value is -0.279. The first-order chi connectivity index (χ1) is 5.41. The Morgan fingerprint density at radius 3 is 1.64 bits per heavy atom. The van der Waals surface area contributed by atoms with E-state index in [2.05, 4.69) is 4.98 Å². The van der Waals surface area contributed by atoms with Crippen molar-refractivity contribution in [3.63, 3.8) is 0 Å². The molecule has 0 radical (unpaired) electrons. The lowest BCUT2D eigenvalue weighted by Crippen LogP contribution is -1.96. The summed E-state index contributed by atoms with van der Waals surface area (Å²) in [5, 5.41) is 0. The van der Waals surface area contributed by atoms with Crippen LogP contribution in [-0.4, -0.2) is 36.0 Å². The standard InChI is InChI=1S/C5H5N.H8O2Si3/c1-2-4-6-5-3-1;3-1-5-2-4/h1-5H;5H2,3-4H3. The molecule has 0 aromatic carbocycles. The summed E-state index contributed by atoms with van der Waals surface area (Å²) < 4.78 is 9.56. The van der Waals surface area contributed by atoms with Crippen LogP contribution in [0.1, 0.15) is 0 Å². The van der Waals surface area contributed by atoms with E-state index in [1.165, 1.54) is 0 Å². The van der Waals surface area contributed by atoms with Crippen molar-refractivity contribution in [3.05, 3.63) is 30.6 Å². The highest BCUT2D eigenvalue weighted by atomic mass is 28.3. The predicted octanol–water partition coefficient (Wildman–Crippen LogP) is -2.34. The first-order valence-electron chi connectivity index (χ1n) is 3.24. The summed E-state index contributed by atoms with van der Waals surface area (Å²) in [6.45, 7) is 0. The van der Waals surface area contributed by atoms with Crippen molar-refractivity contribution in [2.75, 3.05) is 0 Å². The van der Waals surface area contributed by atoms with Crippen LogP contribution in [0.25, 0.3) is 0 Å². The van der Waals surface area contributed by atoms with Crippen LogP contribution >= 0.6 is 0 Å². The van der Waals surface area contributed by atoms with E-state index in [4.69, 9.17) is 8.23 Å². The zero-order valence-corrected chi connectivity index (χ0v) is 12.3. The van der Waals surface area contributed by atoms with Gasteiger partial charge in [0.15, 0.2) is 0 Å². The fourth-order valence-electron chi connectivity index (χ4n) is 0.430. The van der Waals surface area contributed by atoms with Crippen LogP contribution in [0.3, 0.4) is 0 Å². The van der Waals surface area contributed by atoms with E-state index in [9.17, 15) is 0 Å². The van der Waals surface area contributed by atoms with E-state index in [0.717, 1.165) is 21.0 Å². The number of hydrogen-bond donors (Lipinski definition) is 0. The molecule has 0 saturated carbocycles. The monoisotopic (exact) mass is 203 g/mol. The molecule has 0 unspecified atom stereocenters. The molecule has 0 bridgehead atoms. The van der Waals surface area contributed by atoms with Crippen molar-refractivity contribution in [2.45, 2.75) is 0 Å². The third kappa shape index (κ3) is 9.72. The normalized spacial score (nSPS) is 9.82. The molecule has 0 atom stereocenters. The van der Waals surface area contributed by atoms with Gasteiger partial charge in [-0.1, -0.05) is 6.07 Å². The van der Waals surface area contributed by atoms with Gasteiger partial charge in [0.25, 0.3) is 10.0 Å². The van der Waals surface area contributed by atoms with Crippen molar-refractivity contribution in [2.24, 2.45) is 0 Å². The molecule has 0 amide bonds. The zero-order valence-electron chi connectivity index (χ0n) is 6.86. The molecule has 0 aliphatic heterocycles. The molecule has 1 rings (SSSR count). The molecule has 1 aromatic rings. The number of rotatable bonds is 2. The maximum Gasteiger partial charge on any atom is 0.282 e. The summed E-state index contributed by atoms with van der Waals surface area (Å²) >= 11 is 0. The van der Waals surface area contributed by atoms with Crippen LogP contribution in [0.4, 0.5) is 0 Å². The molecule has 1 heterocycles. The van der Waals surface area contributed by atoms with Crippen LogP contribution in [0.2, 0.25) is 0 Å². The Kier molecular flexibility index (Phi) is 9.47. The van der Waals surface area contributed by atoms with Gasteiger partial charge in [0.05, 0.1) is 0 Å². The molecular weight excluding hydrogens is 190 g/mol. The van der Waals surface area contributed by atoms with Gasteiger partial charge in [0.1, 0.15) is 21.0 Å². The number of hydrogen-bond acceptors (Lipinski definition) is 3. The van der Waals surface area contributed by atoms with Crippen molar-refractivity contribution in [3.8, 4) is 0 Å². The lowest BCUT2D eigenvalue weighted by Gasteiger charge is -1.87. The first kappa shape index (κ1) is 10.7. The van der Waals surface area contributed by atoms with Gasteiger partial charge in [-0.2, -0.15) is 0 Å². The molecule has 0 fully saturated rings. The van der Waals surface area contributed by atoms with Crippen molar-refractivity contribution < 1.29 is 8.23 Å². The quantitative estimate of drug-likeness (QED) is 0.505. The molecule has 6 heteroatoms. The van der Waals surface area contributed by atoms with Gasteiger partial charge in [-0.3, -0.25) is 4.98 Å². The van der Waals surface area contributed by atoms with Gasteiger partial charge in [-0.25, -0.2) is 0 Å². The van der Waals surface area contributed by atoms with E-state index < -0.39 is 10.0 Å². The van der Waals surface area contributed by atoms with Crippen molar-refractivity contribution in [1.82, 2.24) is 4.98 Å². The summed E-state index contributed by atoms with van der Waals surface area (Å²) in [4.78, 5) is 3.78. The zero-order chi connectivity index (χ0) is 8.36. The maximum absolute atomic E-state index is 4.78. The minimum atomic E-state index is -0.444. The minimum Gasteiger partial charge on any atom is -0.449 e. The molecule has 0 spiro atoms. The smallest absolute Gasteiger partial charge is 0.282 e. The highest BCUT2D eigenvalue weighted by Crippen LogP contribution is 1.73.